The minimum atomic E-state index is -0.116. The van der Waals surface area contributed by atoms with Crippen LogP contribution in [0.3, 0.4) is 0 Å². The molecule has 0 fully saturated rings. The van der Waals surface area contributed by atoms with Gasteiger partial charge in [0.2, 0.25) is 0 Å². The van der Waals surface area contributed by atoms with Crippen LogP contribution in [0.4, 0.5) is 5.69 Å². The van der Waals surface area contributed by atoms with Crippen LogP contribution in [0.1, 0.15) is 15.9 Å². The van der Waals surface area contributed by atoms with Gasteiger partial charge in [-0.1, -0.05) is 34.1 Å². The third-order valence-electron chi connectivity index (χ3n) is 3.55. The number of amides is 1. The van der Waals surface area contributed by atoms with Crippen molar-refractivity contribution in [3.05, 3.63) is 88.4 Å². The zero-order valence-electron chi connectivity index (χ0n) is 13.1. The molecule has 3 aromatic rings. The molecule has 0 heterocycles. The van der Waals surface area contributed by atoms with Crippen LogP contribution in [-0.2, 0) is 0 Å². The van der Waals surface area contributed by atoms with Gasteiger partial charge in [0.1, 0.15) is 11.5 Å². The average molecular weight is 382 g/mol. The molecule has 3 aromatic carbocycles. The number of nitrogens with one attached hydrogen (secondary N) is 1. The number of benzene rings is 3. The van der Waals surface area contributed by atoms with Crippen molar-refractivity contribution in [3.8, 4) is 11.5 Å². The van der Waals surface area contributed by atoms with E-state index in [-0.39, 0.29) is 5.91 Å². The van der Waals surface area contributed by atoms with E-state index < -0.39 is 0 Å². The van der Waals surface area contributed by atoms with E-state index in [0.717, 1.165) is 21.5 Å². The van der Waals surface area contributed by atoms with Crippen LogP contribution in [0.5, 0.6) is 11.5 Å². The molecule has 0 atom stereocenters. The fourth-order valence-corrected chi connectivity index (χ4v) is 2.54. The fourth-order valence-electron chi connectivity index (χ4n) is 2.27. The Morgan fingerprint density at radius 1 is 0.875 bits per heavy atom. The fraction of sp³-hybridized carbons (Fsp3) is 0.0500. The SMILES string of the molecule is Cc1ccccc1C(=O)Nc1ccc(Oc2ccc(Br)cc2)cc1. The summed E-state index contributed by atoms with van der Waals surface area (Å²) in [6.45, 7) is 1.92. The largest absolute Gasteiger partial charge is 0.457 e. The number of hydrogen-bond acceptors (Lipinski definition) is 2. The molecule has 3 rings (SSSR count). The molecule has 1 N–H and O–H groups in total. The molecule has 0 aliphatic heterocycles. The Balaban J connectivity index is 1.67. The second-order valence-corrected chi connectivity index (χ2v) is 6.27. The molecule has 0 saturated carbocycles. The topological polar surface area (TPSA) is 38.3 Å². The van der Waals surface area contributed by atoms with Gasteiger partial charge in [0.05, 0.1) is 0 Å². The summed E-state index contributed by atoms with van der Waals surface area (Å²) >= 11 is 3.39. The van der Waals surface area contributed by atoms with Gasteiger partial charge in [0.25, 0.3) is 5.91 Å². The maximum Gasteiger partial charge on any atom is 0.255 e. The first kappa shape index (κ1) is 16.3. The summed E-state index contributed by atoms with van der Waals surface area (Å²) in [5.74, 6) is 1.36. The molecule has 1 amide bonds. The normalized spacial score (nSPS) is 10.2. The maximum atomic E-state index is 12.3. The lowest BCUT2D eigenvalue weighted by Crippen LogP contribution is -2.13. The molecule has 0 saturated heterocycles. The predicted molar refractivity (Wildman–Crippen MR) is 99.8 cm³/mol. The van der Waals surface area contributed by atoms with E-state index in [9.17, 15) is 4.79 Å². The van der Waals surface area contributed by atoms with E-state index in [4.69, 9.17) is 4.74 Å². The second-order valence-electron chi connectivity index (χ2n) is 5.35. The average Bonchev–Trinajstić information content (AvgIpc) is 2.59. The van der Waals surface area contributed by atoms with Crippen molar-refractivity contribution in [1.29, 1.82) is 0 Å². The summed E-state index contributed by atoms with van der Waals surface area (Å²) in [5.41, 5.74) is 2.35. The van der Waals surface area contributed by atoms with Crippen LogP contribution < -0.4 is 10.1 Å². The van der Waals surface area contributed by atoms with Gasteiger partial charge >= 0.3 is 0 Å². The predicted octanol–water partition coefficient (Wildman–Crippen LogP) is 5.80. The molecule has 0 aliphatic rings. The molecule has 0 spiro atoms. The Bertz CT molecular complexity index is 842. The van der Waals surface area contributed by atoms with Gasteiger partial charge in [-0.15, -0.1) is 0 Å². The molecule has 0 bridgehead atoms. The van der Waals surface area contributed by atoms with Crippen molar-refractivity contribution in [2.75, 3.05) is 5.32 Å². The first-order valence-corrected chi connectivity index (χ1v) is 8.31. The van der Waals surface area contributed by atoms with Gasteiger partial charge in [0.15, 0.2) is 0 Å². The highest BCUT2D eigenvalue weighted by Gasteiger charge is 2.08. The minimum absolute atomic E-state index is 0.116. The Hall–Kier alpha value is -2.59. The van der Waals surface area contributed by atoms with Crippen LogP contribution in [0, 0.1) is 6.92 Å². The van der Waals surface area contributed by atoms with Crippen molar-refractivity contribution in [1.82, 2.24) is 0 Å². The third kappa shape index (κ3) is 4.03. The Labute approximate surface area is 149 Å². The second kappa shape index (κ2) is 7.32. The molecule has 3 nitrogen and oxygen atoms in total. The molecular weight excluding hydrogens is 366 g/mol. The number of ether oxygens (including phenoxy) is 1. The summed E-state index contributed by atoms with van der Waals surface area (Å²) in [6.07, 6.45) is 0. The Morgan fingerprint density at radius 3 is 2.08 bits per heavy atom. The number of aryl methyl sites for hydroxylation is 1. The zero-order valence-corrected chi connectivity index (χ0v) is 14.7. The van der Waals surface area contributed by atoms with Crippen LogP contribution in [0.2, 0.25) is 0 Å². The van der Waals surface area contributed by atoms with Gasteiger partial charge in [0, 0.05) is 15.7 Å². The minimum Gasteiger partial charge on any atom is -0.457 e. The number of halogens is 1. The lowest BCUT2D eigenvalue weighted by atomic mass is 10.1. The third-order valence-corrected chi connectivity index (χ3v) is 4.08. The highest BCUT2D eigenvalue weighted by molar-refractivity contribution is 9.10. The molecule has 120 valence electrons. The number of anilines is 1. The number of carbonyl (C=O) groups is 1. The van der Waals surface area contributed by atoms with Crippen LogP contribution >= 0.6 is 15.9 Å². The summed E-state index contributed by atoms with van der Waals surface area (Å²) in [7, 11) is 0. The van der Waals surface area contributed by atoms with Crippen LogP contribution in [0.25, 0.3) is 0 Å². The Kier molecular flexibility index (Phi) is 4.96. The highest BCUT2D eigenvalue weighted by atomic mass is 79.9. The van der Waals surface area contributed by atoms with Crippen molar-refractivity contribution in [2.45, 2.75) is 6.92 Å². The standard InChI is InChI=1S/C20H16BrNO2/c1-14-4-2-3-5-19(14)20(23)22-16-8-12-18(13-9-16)24-17-10-6-15(21)7-11-17/h2-13H,1H3,(H,22,23). The highest BCUT2D eigenvalue weighted by Crippen LogP contribution is 2.24. The van der Waals surface area contributed by atoms with Crippen molar-refractivity contribution in [2.24, 2.45) is 0 Å². The monoisotopic (exact) mass is 381 g/mol. The van der Waals surface area contributed by atoms with Gasteiger partial charge in [-0.05, 0) is 67.1 Å². The van der Waals surface area contributed by atoms with E-state index in [1.54, 1.807) is 0 Å². The lowest BCUT2D eigenvalue weighted by molar-refractivity contribution is 0.102. The summed E-state index contributed by atoms with van der Waals surface area (Å²) in [4.78, 5) is 12.3. The van der Waals surface area contributed by atoms with Crippen molar-refractivity contribution in [3.63, 3.8) is 0 Å². The summed E-state index contributed by atoms with van der Waals surface area (Å²) < 4.78 is 6.77. The van der Waals surface area contributed by atoms with E-state index in [0.29, 0.717) is 11.3 Å². The summed E-state index contributed by atoms with van der Waals surface area (Å²) in [6, 6.07) is 22.4. The maximum absolute atomic E-state index is 12.3. The van der Waals surface area contributed by atoms with Crippen molar-refractivity contribution >= 4 is 27.5 Å². The number of hydrogen-bond donors (Lipinski definition) is 1. The number of rotatable bonds is 4. The van der Waals surface area contributed by atoms with E-state index in [2.05, 4.69) is 21.2 Å². The van der Waals surface area contributed by atoms with Gasteiger partial charge in [-0.3, -0.25) is 4.79 Å². The van der Waals surface area contributed by atoms with Gasteiger partial charge < -0.3 is 10.1 Å². The molecular formula is C20H16BrNO2. The van der Waals surface area contributed by atoms with E-state index in [1.807, 2.05) is 79.7 Å². The molecule has 4 heteroatoms. The van der Waals surface area contributed by atoms with E-state index >= 15 is 0 Å². The summed E-state index contributed by atoms with van der Waals surface area (Å²) in [5, 5.41) is 2.90. The smallest absolute Gasteiger partial charge is 0.255 e. The van der Waals surface area contributed by atoms with Crippen molar-refractivity contribution < 1.29 is 9.53 Å². The van der Waals surface area contributed by atoms with Gasteiger partial charge in [-0.2, -0.15) is 0 Å². The quantitative estimate of drug-likeness (QED) is 0.619. The molecule has 24 heavy (non-hydrogen) atoms. The van der Waals surface area contributed by atoms with E-state index in [1.165, 1.54) is 0 Å². The Morgan fingerprint density at radius 2 is 1.46 bits per heavy atom. The molecule has 0 aromatic heterocycles. The lowest BCUT2D eigenvalue weighted by Gasteiger charge is -2.09. The first-order valence-electron chi connectivity index (χ1n) is 7.52. The number of carbonyl (C=O) groups excluding carboxylic acids is 1. The van der Waals surface area contributed by atoms with Crippen LogP contribution in [-0.4, -0.2) is 5.91 Å². The first-order chi connectivity index (χ1) is 11.6. The van der Waals surface area contributed by atoms with Crippen LogP contribution in [0.15, 0.2) is 77.3 Å². The zero-order chi connectivity index (χ0) is 16.9. The molecule has 0 aliphatic carbocycles. The van der Waals surface area contributed by atoms with Gasteiger partial charge in [-0.25, -0.2) is 0 Å². The molecule has 0 radical (unpaired) electrons. The molecule has 0 unspecified atom stereocenters.